The first-order valence-corrected chi connectivity index (χ1v) is 10.9. The van der Waals surface area contributed by atoms with Gasteiger partial charge in [0.1, 0.15) is 12.4 Å². The van der Waals surface area contributed by atoms with Crippen molar-refractivity contribution in [2.75, 3.05) is 16.8 Å². The van der Waals surface area contributed by atoms with E-state index in [0.717, 1.165) is 30.0 Å². The summed E-state index contributed by atoms with van der Waals surface area (Å²) in [7, 11) is 0. The van der Waals surface area contributed by atoms with Crippen molar-refractivity contribution >= 4 is 35.0 Å². The van der Waals surface area contributed by atoms with Gasteiger partial charge in [-0.3, -0.25) is 19.1 Å². The summed E-state index contributed by atoms with van der Waals surface area (Å²) in [5.74, 6) is 1.06. The minimum Gasteiger partial charge on any atom is -0.323 e. The summed E-state index contributed by atoms with van der Waals surface area (Å²) >= 11 is 1.38. The molecule has 1 aliphatic heterocycles. The van der Waals surface area contributed by atoms with Gasteiger partial charge in [0.2, 0.25) is 11.8 Å². The summed E-state index contributed by atoms with van der Waals surface area (Å²) < 4.78 is 2.06. The molecule has 1 aliphatic carbocycles. The maximum absolute atomic E-state index is 13.3. The van der Waals surface area contributed by atoms with Crippen molar-refractivity contribution in [3.8, 4) is 5.69 Å². The van der Waals surface area contributed by atoms with Gasteiger partial charge >= 0.3 is 0 Å². The van der Waals surface area contributed by atoms with E-state index in [1.165, 1.54) is 11.8 Å². The van der Waals surface area contributed by atoms with Gasteiger partial charge in [-0.25, -0.2) is 0 Å². The second kappa shape index (κ2) is 7.60. The van der Waals surface area contributed by atoms with Gasteiger partial charge < -0.3 is 5.32 Å². The van der Waals surface area contributed by atoms with Gasteiger partial charge in [-0.05, 0) is 44.0 Å². The number of fused-ring (bicyclic) bond motifs is 1. The minimum absolute atomic E-state index is 0.0133. The standard InChI is InChI=1S/C22H21N5O2S/c1-14(21(29)26-13-19(28)23-17-9-5-6-10-18(17)26)30-22-25-24-20(15-11-12-15)27(22)16-7-3-2-4-8-16/h2-10,14-15H,11-13H2,1H3,(H,23,28)/t14-/m1/s1. The number of thioether (sulfide) groups is 1. The third kappa shape index (κ3) is 3.47. The quantitative estimate of drug-likeness (QED) is 0.639. The van der Waals surface area contributed by atoms with E-state index in [1.807, 2.05) is 55.5 Å². The number of hydrogen-bond acceptors (Lipinski definition) is 5. The smallest absolute Gasteiger partial charge is 0.244 e. The lowest BCUT2D eigenvalue weighted by Crippen LogP contribution is -2.45. The second-order valence-electron chi connectivity index (χ2n) is 7.54. The van der Waals surface area contributed by atoms with Crippen molar-refractivity contribution in [2.45, 2.75) is 36.1 Å². The molecule has 0 spiro atoms. The monoisotopic (exact) mass is 419 g/mol. The van der Waals surface area contributed by atoms with Crippen LogP contribution >= 0.6 is 11.8 Å². The van der Waals surface area contributed by atoms with Crippen LogP contribution in [0.3, 0.4) is 0 Å². The zero-order chi connectivity index (χ0) is 20.7. The molecular weight excluding hydrogens is 398 g/mol. The number of nitrogens with zero attached hydrogens (tertiary/aromatic N) is 4. The average molecular weight is 420 g/mol. The summed E-state index contributed by atoms with van der Waals surface area (Å²) in [6.45, 7) is 1.86. The van der Waals surface area contributed by atoms with Gasteiger partial charge in [0, 0.05) is 11.6 Å². The highest BCUT2D eigenvalue weighted by Crippen LogP contribution is 2.41. The summed E-state index contributed by atoms with van der Waals surface area (Å²) in [5, 5.41) is 11.9. The molecule has 0 radical (unpaired) electrons. The Hall–Kier alpha value is -3.13. The molecule has 0 saturated heterocycles. The normalized spacial score (nSPS) is 16.7. The predicted octanol–water partition coefficient (Wildman–Crippen LogP) is 3.61. The van der Waals surface area contributed by atoms with Crippen LogP contribution in [0.4, 0.5) is 11.4 Å². The highest BCUT2D eigenvalue weighted by atomic mass is 32.2. The number of carbonyl (C=O) groups excluding carboxylic acids is 2. The van der Waals surface area contributed by atoms with E-state index in [9.17, 15) is 9.59 Å². The Bertz CT molecular complexity index is 1110. The van der Waals surface area contributed by atoms with E-state index in [-0.39, 0.29) is 18.4 Å². The van der Waals surface area contributed by atoms with Crippen LogP contribution in [-0.2, 0) is 9.59 Å². The molecule has 5 rings (SSSR count). The van der Waals surface area contributed by atoms with Gasteiger partial charge in [-0.2, -0.15) is 0 Å². The van der Waals surface area contributed by atoms with Gasteiger partial charge in [-0.1, -0.05) is 42.1 Å². The minimum atomic E-state index is -0.428. The zero-order valence-corrected chi connectivity index (χ0v) is 17.3. The number of carbonyl (C=O) groups is 2. The molecular formula is C22H21N5O2S. The van der Waals surface area contributed by atoms with Crippen LogP contribution in [0.25, 0.3) is 5.69 Å². The van der Waals surface area contributed by atoms with Crippen LogP contribution in [-0.4, -0.2) is 38.4 Å². The molecule has 7 nitrogen and oxygen atoms in total. The molecule has 2 amide bonds. The highest BCUT2D eigenvalue weighted by Gasteiger charge is 2.34. The molecule has 2 aliphatic rings. The number of para-hydroxylation sites is 3. The molecule has 1 aromatic heterocycles. The summed E-state index contributed by atoms with van der Waals surface area (Å²) in [4.78, 5) is 26.9. The SMILES string of the molecule is C[C@@H](Sc1nnc(C2CC2)n1-c1ccccc1)C(=O)N1CC(=O)Nc2ccccc21. The molecule has 8 heteroatoms. The Morgan fingerprint density at radius 2 is 1.83 bits per heavy atom. The molecule has 152 valence electrons. The van der Waals surface area contributed by atoms with E-state index in [2.05, 4.69) is 20.1 Å². The van der Waals surface area contributed by atoms with E-state index < -0.39 is 5.25 Å². The van der Waals surface area contributed by atoms with Crippen molar-refractivity contribution in [1.82, 2.24) is 14.8 Å². The first-order valence-electron chi connectivity index (χ1n) is 9.99. The number of amides is 2. The van der Waals surface area contributed by atoms with Crippen LogP contribution < -0.4 is 10.2 Å². The maximum Gasteiger partial charge on any atom is 0.244 e. The largest absolute Gasteiger partial charge is 0.323 e. The lowest BCUT2D eigenvalue weighted by atomic mass is 10.2. The fraction of sp³-hybridized carbons (Fsp3) is 0.273. The molecule has 1 N–H and O–H groups in total. The predicted molar refractivity (Wildman–Crippen MR) is 116 cm³/mol. The van der Waals surface area contributed by atoms with E-state index in [0.29, 0.717) is 16.8 Å². The van der Waals surface area contributed by atoms with Crippen LogP contribution in [0, 0.1) is 0 Å². The van der Waals surface area contributed by atoms with Crippen molar-refractivity contribution in [3.05, 3.63) is 60.4 Å². The maximum atomic E-state index is 13.3. The number of nitrogens with one attached hydrogen (secondary N) is 1. The van der Waals surface area contributed by atoms with Crippen LogP contribution in [0.1, 0.15) is 31.5 Å². The summed E-state index contributed by atoms with van der Waals surface area (Å²) in [6.07, 6.45) is 2.23. The number of aromatic nitrogens is 3. The fourth-order valence-corrected chi connectivity index (χ4v) is 4.58. The number of anilines is 2. The molecule has 1 saturated carbocycles. The first-order chi connectivity index (χ1) is 14.6. The Morgan fingerprint density at radius 1 is 1.10 bits per heavy atom. The van der Waals surface area contributed by atoms with Crippen molar-refractivity contribution in [3.63, 3.8) is 0 Å². The van der Waals surface area contributed by atoms with Gasteiger partial charge in [0.25, 0.3) is 0 Å². The Balaban J connectivity index is 1.43. The van der Waals surface area contributed by atoms with Crippen molar-refractivity contribution < 1.29 is 9.59 Å². The van der Waals surface area contributed by atoms with Crippen molar-refractivity contribution in [2.24, 2.45) is 0 Å². The van der Waals surface area contributed by atoms with Crippen LogP contribution in [0.2, 0.25) is 0 Å². The number of hydrogen-bond donors (Lipinski definition) is 1. The average Bonchev–Trinajstić information content (AvgIpc) is 3.53. The molecule has 30 heavy (non-hydrogen) atoms. The summed E-state index contributed by atoms with van der Waals surface area (Å²) in [5.41, 5.74) is 2.37. The Morgan fingerprint density at radius 3 is 2.60 bits per heavy atom. The third-order valence-electron chi connectivity index (χ3n) is 5.28. The van der Waals surface area contributed by atoms with Gasteiger partial charge in [-0.15, -0.1) is 10.2 Å². The van der Waals surface area contributed by atoms with E-state index >= 15 is 0 Å². The molecule has 0 bridgehead atoms. The molecule has 1 fully saturated rings. The molecule has 1 atom stereocenters. The molecule has 2 heterocycles. The Labute approximate surface area is 178 Å². The fourth-order valence-electron chi connectivity index (χ4n) is 3.64. The Kier molecular flexibility index (Phi) is 4.78. The third-order valence-corrected chi connectivity index (χ3v) is 6.31. The molecule has 0 unspecified atom stereocenters. The second-order valence-corrected chi connectivity index (χ2v) is 8.84. The lowest BCUT2D eigenvalue weighted by Gasteiger charge is -2.30. The molecule has 3 aromatic rings. The van der Waals surface area contributed by atoms with Gasteiger partial charge in [0.15, 0.2) is 5.16 Å². The molecule has 2 aromatic carbocycles. The zero-order valence-electron chi connectivity index (χ0n) is 16.5. The van der Waals surface area contributed by atoms with Crippen LogP contribution in [0.5, 0.6) is 0 Å². The number of benzene rings is 2. The van der Waals surface area contributed by atoms with E-state index in [1.54, 1.807) is 11.0 Å². The number of rotatable bonds is 5. The van der Waals surface area contributed by atoms with Gasteiger partial charge in [0.05, 0.1) is 16.6 Å². The highest BCUT2D eigenvalue weighted by molar-refractivity contribution is 8.00. The first kappa shape index (κ1) is 18.9. The lowest BCUT2D eigenvalue weighted by molar-refractivity contribution is -0.121. The van der Waals surface area contributed by atoms with Crippen molar-refractivity contribution in [1.29, 1.82) is 0 Å². The summed E-state index contributed by atoms with van der Waals surface area (Å²) in [6, 6.07) is 17.3. The van der Waals surface area contributed by atoms with E-state index in [4.69, 9.17) is 0 Å². The topological polar surface area (TPSA) is 80.1 Å². The van der Waals surface area contributed by atoms with Crippen LogP contribution in [0.15, 0.2) is 59.8 Å².